The molecule has 0 fully saturated rings. The lowest BCUT2D eigenvalue weighted by atomic mass is 10.2. The van der Waals surface area contributed by atoms with Crippen LogP contribution in [0, 0.1) is 5.82 Å². The Kier molecular flexibility index (Phi) is 1.87. The lowest BCUT2D eigenvalue weighted by Gasteiger charge is -1.98. The Hall–Kier alpha value is -1.09. The molecule has 0 aliphatic heterocycles. The lowest BCUT2D eigenvalue weighted by Crippen LogP contribution is -1.87. The fourth-order valence-electron chi connectivity index (χ4n) is 0.690. The maximum atomic E-state index is 12.5. The molecule has 1 rings (SSSR count). The molecule has 0 saturated carbocycles. The van der Waals surface area contributed by atoms with Crippen molar-refractivity contribution in [2.45, 2.75) is 6.61 Å². The van der Waals surface area contributed by atoms with Gasteiger partial charge in [0.25, 0.3) is 0 Å². The number of phenols is 1. The Labute approximate surface area is 57.6 Å². The third kappa shape index (κ3) is 1.09. The van der Waals surface area contributed by atoms with Gasteiger partial charge < -0.3 is 5.11 Å². The third-order valence-electron chi connectivity index (χ3n) is 1.24. The second-order valence-electron chi connectivity index (χ2n) is 1.88. The number of benzene rings is 1. The number of hydrogen-bond acceptors (Lipinski definition) is 1. The van der Waals surface area contributed by atoms with Crippen LogP contribution in [0.5, 0.6) is 5.75 Å². The molecule has 0 aliphatic carbocycles. The summed E-state index contributed by atoms with van der Waals surface area (Å²) in [5, 5.41) is 19.0. The summed E-state index contributed by atoms with van der Waals surface area (Å²) in [4.78, 5) is 0. The van der Waals surface area contributed by atoms with E-state index in [0.717, 1.165) is 6.07 Å². The molecule has 0 amide bonds. The summed E-state index contributed by atoms with van der Waals surface area (Å²) >= 11 is 0. The van der Waals surface area contributed by atoms with Crippen molar-refractivity contribution in [1.82, 2.24) is 0 Å². The van der Waals surface area contributed by atoms with E-state index in [0.29, 0.717) is 0 Å². The minimum absolute atomic E-state index is 0.164. The van der Waals surface area contributed by atoms with Crippen LogP contribution in [-0.4, -0.2) is 5.11 Å². The molecular weight excluding hydrogens is 135 g/mol. The van der Waals surface area contributed by atoms with Crippen molar-refractivity contribution in [2.75, 3.05) is 0 Å². The molecule has 10 heavy (non-hydrogen) atoms. The monoisotopic (exact) mass is 141 g/mol. The number of hydrogen-bond donors (Lipinski definition) is 1. The Morgan fingerprint density at radius 1 is 1.50 bits per heavy atom. The fraction of sp³-hybridized carbons (Fsp3) is 0.143. The van der Waals surface area contributed by atoms with E-state index in [4.69, 9.17) is 5.11 Å². The van der Waals surface area contributed by atoms with Gasteiger partial charge in [0.2, 0.25) is 0 Å². The summed E-state index contributed by atoms with van der Waals surface area (Å²) in [6.07, 6.45) is 0. The Bertz CT molecular complexity index is 215. The first-order valence-electron chi connectivity index (χ1n) is 2.80. The predicted molar refractivity (Wildman–Crippen MR) is 32.5 cm³/mol. The van der Waals surface area contributed by atoms with Gasteiger partial charge in [-0.25, -0.2) is 9.50 Å². The second-order valence-corrected chi connectivity index (χ2v) is 1.88. The van der Waals surface area contributed by atoms with Gasteiger partial charge in [0.1, 0.15) is 18.2 Å². The van der Waals surface area contributed by atoms with Crippen LogP contribution < -0.4 is 0 Å². The van der Waals surface area contributed by atoms with Crippen LogP contribution >= 0.6 is 0 Å². The highest BCUT2D eigenvalue weighted by atomic mass is 19.1. The van der Waals surface area contributed by atoms with Crippen LogP contribution in [-0.2, 0) is 11.7 Å². The van der Waals surface area contributed by atoms with Crippen molar-refractivity contribution in [3.05, 3.63) is 29.6 Å². The summed E-state index contributed by atoms with van der Waals surface area (Å²) in [6.45, 7) is -0.724. The summed E-state index contributed by atoms with van der Waals surface area (Å²) in [7, 11) is 0. The van der Waals surface area contributed by atoms with Crippen molar-refractivity contribution in [2.24, 2.45) is 0 Å². The number of phenolic OH excluding ortho intramolecular Hbond substituents is 1. The first kappa shape index (κ1) is 7.02. The summed E-state index contributed by atoms with van der Waals surface area (Å²) < 4.78 is 12.5. The van der Waals surface area contributed by atoms with E-state index >= 15 is 0 Å². The van der Waals surface area contributed by atoms with E-state index < -0.39 is 12.4 Å². The van der Waals surface area contributed by atoms with E-state index in [9.17, 15) is 9.50 Å². The van der Waals surface area contributed by atoms with Gasteiger partial charge in [-0.05, 0) is 12.1 Å². The molecule has 0 heterocycles. The largest absolute Gasteiger partial charge is 0.507 e. The summed E-state index contributed by atoms with van der Waals surface area (Å²) in [5.74, 6) is -0.912. The van der Waals surface area contributed by atoms with Gasteiger partial charge >= 0.3 is 0 Å². The molecule has 3 heteroatoms. The minimum Gasteiger partial charge on any atom is -0.507 e. The standard InChI is InChI=1S/C7H6FO2/c8-6-2-1-3-7(10)5(6)4-9/h1-3,10H,4H2. The molecule has 0 aliphatic rings. The highest BCUT2D eigenvalue weighted by molar-refractivity contribution is 5.32. The SMILES string of the molecule is [O]Cc1c(O)cccc1F. The molecule has 0 spiro atoms. The van der Waals surface area contributed by atoms with E-state index in [1.54, 1.807) is 0 Å². The average molecular weight is 141 g/mol. The molecule has 0 aromatic heterocycles. The minimum atomic E-state index is -0.724. The molecule has 0 atom stereocenters. The highest BCUT2D eigenvalue weighted by Gasteiger charge is 2.04. The second kappa shape index (κ2) is 2.66. The van der Waals surface area contributed by atoms with Crippen molar-refractivity contribution in [3.8, 4) is 5.75 Å². The van der Waals surface area contributed by atoms with Gasteiger partial charge in [-0.2, -0.15) is 0 Å². The summed E-state index contributed by atoms with van der Waals surface area (Å²) in [6, 6.07) is 3.78. The van der Waals surface area contributed by atoms with Gasteiger partial charge in [0, 0.05) is 0 Å². The molecule has 0 saturated heterocycles. The maximum Gasteiger partial charge on any atom is 0.132 e. The van der Waals surface area contributed by atoms with E-state index in [1.165, 1.54) is 12.1 Å². The van der Waals surface area contributed by atoms with Crippen LogP contribution in [0.2, 0.25) is 0 Å². The molecule has 0 unspecified atom stereocenters. The van der Waals surface area contributed by atoms with E-state index in [-0.39, 0.29) is 11.3 Å². The fourth-order valence-corrected chi connectivity index (χ4v) is 0.690. The zero-order chi connectivity index (χ0) is 7.56. The Morgan fingerprint density at radius 2 is 2.20 bits per heavy atom. The van der Waals surface area contributed by atoms with Gasteiger partial charge in [0.05, 0.1) is 5.56 Å². The zero-order valence-corrected chi connectivity index (χ0v) is 5.17. The number of halogens is 1. The van der Waals surface area contributed by atoms with E-state index in [2.05, 4.69) is 0 Å². The quantitative estimate of drug-likeness (QED) is 0.631. The van der Waals surface area contributed by atoms with Gasteiger partial charge in [-0.1, -0.05) is 6.07 Å². The van der Waals surface area contributed by atoms with Crippen molar-refractivity contribution in [1.29, 1.82) is 0 Å². The highest BCUT2D eigenvalue weighted by Crippen LogP contribution is 2.18. The van der Waals surface area contributed by atoms with Gasteiger partial charge in [0.15, 0.2) is 0 Å². The molecule has 1 aromatic carbocycles. The predicted octanol–water partition coefficient (Wildman–Crippen LogP) is 1.46. The zero-order valence-electron chi connectivity index (χ0n) is 5.17. The van der Waals surface area contributed by atoms with Crippen LogP contribution in [0.15, 0.2) is 18.2 Å². The summed E-state index contributed by atoms with van der Waals surface area (Å²) in [5.41, 5.74) is -0.164. The van der Waals surface area contributed by atoms with Crippen LogP contribution in [0.25, 0.3) is 0 Å². The molecule has 0 bridgehead atoms. The smallest absolute Gasteiger partial charge is 0.132 e. The topological polar surface area (TPSA) is 40.1 Å². The van der Waals surface area contributed by atoms with Crippen LogP contribution in [0.4, 0.5) is 4.39 Å². The molecule has 53 valence electrons. The Balaban J connectivity index is 3.17. The number of rotatable bonds is 1. The average Bonchev–Trinajstić information content (AvgIpc) is 1.88. The molecule has 1 radical (unpaired) electrons. The third-order valence-corrected chi connectivity index (χ3v) is 1.24. The normalized spacial score (nSPS) is 9.80. The van der Waals surface area contributed by atoms with E-state index in [1.807, 2.05) is 0 Å². The van der Waals surface area contributed by atoms with Gasteiger partial charge in [-0.15, -0.1) is 0 Å². The van der Waals surface area contributed by atoms with Crippen LogP contribution in [0.3, 0.4) is 0 Å². The molecular formula is C7H6FO2. The first-order valence-corrected chi connectivity index (χ1v) is 2.80. The number of aromatic hydroxyl groups is 1. The molecule has 1 N–H and O–H groups in total. The maximum absolute atomic E-state index is 12.5. The van der Waals surface area contributed by atoms with Crippen molar-refractivity contribution in [3.63, 3.8) is 0 Å². The van der Waals surface area contributed by atoms with Crippen molar-refractivity contribution < 1.29 is 14.6 Å². The Morgan fingerprint density at radius 3 is 2.60 bits per heavy atom. The van der Waals surface area contributed by atoms with Gasteiger partial charge in [-0.3, -0.25) is 0 Å². The van der Waals surface area contributed by atoms with Crippen LogP contribution in [0.1, 0.15) is 5.56 Å². The first-order chi connectivity index (χ1) is 4.75. The van der Waals surface area contributed by atoms with Crippen molar-refractivity contribution >= 4 is 0 Å². The molecule has 2 nitrogen and oxygen atoms in total. The molecule has 1 aromatic rings. The lowest BCUT2D eigenvalue weighted by molar-refractivity contribution is 0.170.